The second kappa shape index (κ2) is 5.75. The van der Waals surface area contributed by atoms with Crippen molar-refractivity contribution >= 4 is 11.7 Å². The molecule has 0 spiro atoms. The van der Waals surface area contributed by atoms with Crippen LogP contribution in [0.15, 0.2) is 12.3 Å². The second-order valence-corrected chi connectivity index (χ2v) is 3.04. The zero-order valence-corrected chi connectivity index (χ0v) is 8.70. The normalized spacial score (nSPS) is 9.94. The standard InChI is InChI=1S/C9H10N2O6/c12-2-1-3-17-8-7(11(15)16)4-6(5-10-8)9(13)14/h4-5,12H,1-3H2,(H,13,14). The molecule has 2 N–H and O–H groups in total. The molecule has 17 heavy (non-hydrogen) atoms. The number of aromatic carboxylic acids is 1. The van der Waals surface area contributed by atoms with Gasteiger partial charge in [0, 0.05) is 25.3 Å². The Balaban J connectivity index is 2.96. The molecule has 1 heterocycles. The fourth-order valence-corrected chi connectivity index (χ4v) is 1.03. The van der Waals surface area contributed by atoms with E-state index < -0.39 is 16.6 Å². The summed E-state index contributed by atoms with van der Waals surface area (Å²) in [6.07, 6.45) is 1.28. The van der Waals surface area contributed by atoms with Gasteiger partial charge in [0.1, 0.15) is 0 Å². The predicted octanol–water partition coefficient (Wildman–Crippen LogP) is 0.449. The molecule has 1 rings (SSSR count). The lowest BCUT2D eigenvalue weighted by Gasteiger charge is -2.04. The van der Waals surface area contributed by atoms with E-state index in [4.69, 9.17) is 14.9 Å². The molecule has 0 aliphatic carbocycles. The number of hydrogen-bond acceptors (Lipinski definition) is 6. The lowest BCUT2D eigenvalue weighted by atomic mass is 10.2. The number of carboxylic acids is 1. The Morgan fingerprint density at radius 2 is 2.29 bits per heavy atom. The molecule has 0 atom stereocenters. The van der Waals surface area contributed by atoms with Crippen LogP contribution in [-0.4, -0.2) is 39.3 Å². The number of carboxylic acid groups (broad SMARTS) is 1. The van der Waals surface area contributed by atoms with Crippen molar-refractivity contribution in [3.05, 3.63) is 27.9 Å². The Bertz CT molecular complexity index is 433. The van der Waals surface area contributed by atoms with Crippen LogP contribution in [0.5, 0.6) is 5.88 Å². The highest BCUT2D eigenvalue weighted by molar-refractivity contribution is 5.88. The van der Waals surface area contributed by atoms with E-state index in [-0.39, 0.29) is 24.7 Å². The van der Waals surface area contributed by atoms with Gasteiger partial charge in [0.25, 0.3) is 5.88 Å². The molecule has 0 amide bonds. The summed E-state index contributed by atoms with van der Waals surface area (Å²) in [6, 6.07) is 0.879. The van der Waals surface area contributed by atoms with Crippen molar-refractivity contribution in [2.24, 2.45) is 0 Å². The molecule has 0 saturated carbocycles. The van der Waals surface area contributed by atoms with Crippen molar-refractivity contribution in [3.63, 3.8) is 0 Å². The van der Waals surface area contributed by atoms with E-state index in [2.05, 4.69) is 4.98 Å². The SMILES string of the molecule is O=C(O)c1cnc(OCCCO)c([N+](=O)[O-])c1. The van der Waals surface area contributed by atoms with E-state index in [9.17, 15) is 14.9 Å². The Morgan fingerprint density at radius 1 is 1.59 bits per heavy atom. The van der Waals surface area contributed by atoms with Gasteiger partial charge >= 0.3 is 11.7 Å². The topological polar surface area (TPSA) is 123 Å². The third-order valence-corrected chi connectivity index (χ3v) is 1.82. The van der Waals surface area contributed by atoms with Gasteiger partial charge in [0.15, 0.2) is 0 Å². The zero-order valence-electron chi connectivity index (χ0n) is 8.70. The molecule has 0 aliphatic heterocycles. The fraction of sp³-hybridized carbons (Fsp3) is 0.333. The van der Waals surface area contributed by atoms with Crippen LogP contribution in [0.3, 0.4) is 0 Å². The van der Waals surface area contributed by atoms with Gasteiger partial charge in [-0.1, -0.05) is 0 Å². The quantitative estimate of drug-likeness (QED) is 0.421. The highest BCUT2D eigenvalue weighted by Crippen LogP contribution is 2.25. The van der Waals surface area contributed by atoms with E-state index in [1.54, 1.807) is 0 Å². The maximum Gasteiger partial charge on any atom is 0.337 e. The van der Waals surface area contributed by atoms with E-state index in [1.807, 2.05) is 0 Å². The Kier molecular flexibility index (Phi) is 4.35. The smallest absolute Gasteiger partial charge is 0.337 e. The summed E-state index contributed by atoms with van der Waals surface area (Å²) in [6.45, 7) is -0.0439. The van der Waals surface area contributed by atoms with E-state index in [1.165, 1.54) is 0 Å². The first kappa shape index (κ1) is 12.8. The molecule has 0 radical (unpaired) electrons. The molecule has 8 heteroatoms. The van der Waals surface area contributed by atoms with Gasteiger partial charge in [-0.2, -0.15) is 0 Å². The number of nitrogens with zero attached hydrogens (tertiary/aromatic N) is 2. The van der Waals surface area contributed by atoms with E-state index in [0.29, 0.717) is 6.42 Å². The first-order valence-electron chi connectivity index (χ1n) is 4.67. The Hall–Kier alpha value is -2.22. The number of rotatable bonds is 6. The number of pyridine rings is 1. The molecular formula is C9H10N2O6. The van der Waals surface area contributed by atoms with Gasteiger partial charge in [-0.05, 0) is 0 Å². The lowest BCUT2D eigenvalue weighted by Crippen LogP contribution is -2.06. The minimum atomic E-state index is -1.30. The molecule has 0 aliphatic rings. The number of carbonyl (C=O) groups is 1. The Morgan fingerprint density at radius 3 is 2.82 bits per heavy atom. The number of ether oxygens (including phenoxy) is 1. The molecule has 1 aromatic heterocycles. The molecule has 92 valence electrons. The molecule has 8 nitrogen and oxygen atoms in total. The van der Waals surface area contributed by atoms with Crippen LogP contribution in [0.1, 0.15) is 16.8 Å². The Labute approximate surface area is 95.6 Å². The number of nitro groups is 1. The van der Waals surface area contributed by atoms with Gasteiger partial charge in [0.05, 0.1) is 17.1 Å². The molecular weight excluding hydrogens is 232 g/mol. The minimum absolute atomic E-state index is 0.0662. The molecule has 0 saturated heterocycles. The third kappa shape index (κ3) is 3.38. The van der Waals surface area contributed by atoms with E-state index in [0.717, 1.165) is 12.3 Å². The van der Waals surface area contributed by atoms with Crippen LogP contribution < -0.4 is 4.74 Å². The summed E-state index contributed by atoms with van der Waals surface area (Å²) in [5.74, 6) is -1.56. The van der Waals surface area contributed by atoms with Crippen molar-refractivity contribution in [1.29, 1.82) is 0 Å². The third-order valence-electron chi connectivity index (χ3n) is 1.82. The average molecular weight is 242 g/mol. The number of aliphatic hydroxyl groups is 1. The van der Waals surface area contributed by atoms with Gasteiger partial charge in [-0.25, -0.2) is 9.78 Å². The summed E-state index contributed by atoms with van der Waals surface area (Å²) in [7, 11) is 0. The number of hydrogen-bond donors (Lipinski definition) is 2. The van der Waals surface area contributed by atoms with Gasteiger partial charge in [0.2, 0.25) is 0 Å². The van der Waals surface area contributed by atoms with Crippen molar-refractivity contribution < 1.29 is 24.7 Å². The van der Waals surface area contributed by atoms with Crippen molar-refractivity contribution in [2.75, 3.05) is 13.2 Å². The predicted molar refractivity (Wildman–Crippen MR) is 55.0 cm³/mol. The molecule has 0 aromatic carbocycles. The van der Waals surface area contributed by atoms with Crippen LogP contribution in [0.25, 0.3) is 0 Å². The monoisotopic (exact) mass is 242 g/mol. The lowest BCUT2D eigenvalue weighted by molar-refractivity contribution is -0.386. The summed E-state index contributed by atoms with van der Waals surface area (Å²) in [4.78, 5) is 24.1. The summed E-state index contributed by atoms with van der Waals surface area (Å²) >= 11 is 0. The van der Waals surface area contributed by atoms with Crippen molar-refractivity contribution in [3.8, 4) is 5.88 Å². The highest BCUT2D eigenvalue weighted by Gasteiger charge is 2.20. The fourth-order valence-electron chi connectivity index (χ4n) is 1.03. The highest BCUT2D eigenvalue weighted by atomic mass is 16.6. The van der Waals surface area contributed by atoms with Crippen molar-refractivity contribution in [1.82, 2.24) is 4.98 Å². The molecule has 1 aromatic rings. The van der Waals surface area contributed by atoms with E-state index >= 15 is 0 Å². The zero-order chi connectivity index (χ0) is 12.8. The first-order valence-corrected chi connectivity index (χ1v) is 4.67. The van der Waals surface area contributed by atoms with Crippen LogP contribution in [0.4, 0.5) is 5.69 Å². The second-order valence-electron chi connectivity index (χ2n) is 3.04. The summed E-state index contributed by atoms with van der Waals surface area (Å²) in [5.41, 5.74) is -0.797. The maximum atomic E-state index is 10.7. The van der Waals surface area contributed by atoms with Gasteiger partial charge in [-0.15, -0.1) is 0 Å². The maximum absolute atomic E-state index is 10.7. The summed E-state index contributed by atoms with van der Waals surface area (Å²) in [5, 5.41) is 27.9. The average Bonchev–Trinajstić information content (AvgIpc) is 2.29. The molecule has 0 bridgehead atoms. The van der Waals surface area contributed by atoms with Gasteiger partial charge < -0.3 is 14.9 Å². The summed E-state index contributed by atoms with van der Waals surface area (Å²) < 4.78 is 4.97. The largest absolute Gasteiger partial charge is 0.478 e. The van der Waals surface area contributed by atoms with Crippen LogP contribution in [0.2, 0.25) is 0 Å². The first-order chi connectivity index (χ1) is 8.06. The molecule has 0 fully saturated rings. The van der Waals surface area contributed by atoms with Crippen molar-refractivity contribution in [2.45, 2.75) is 6.42 Å². The van der Waals surface area contributed by atoms with Gasteiger partial charge in [-0.3, -0.25) is 10.1 Å². The van der Waals surface area contributed by atoms with Crippen LogP contribution in [0, 0.1) is 10.1 Å². The number of aliphatic hydroxyl groups excluding tert-OH is 1. The number of aromatic nitrogens is 1. The molecule has 0 unspecified atom stereocenters. The van der Waals surface area contributed by atoms with Crippen LogP contribution in [-0.2, 0) is 0 Å². The minimum Gasteiger partial charge on any atom is -0.478 e. The van der Waals surface area contributed by atoms with Crippen LogP contribution >= 0.6 is 0 Å².